The minimum absolute atomic E-state index is 0.423. The van der Waals surface area contributed by atoms with Crippen LogP contribution in [0.1, 0.15) is 18.4 Å². The van der Waals surface area contributed by atoms with Gasteiger partial charge in [0.25, 0.3) is 0 Å². The molecular formula is C48H34. The van der Waals surface area contributed by atoms with Crippen molar-refractivity contribution in [3.8, 4) is 22.3 Å². The first-order valence-corrected chi connectivity index (χ1v) is 17.2. The van der Waals surface area contributed by atoms with E-state index in [1.54, 1.807) is 0 Å². The molecule has 0 radical (unpaired) electrons. The van der Waals surface area contributed by atoms with Gasteiger partial charge in [-0.15, -0.1) is 0 Å². The van der Waals surface area contributed by atoms with Crippen LogP contribution in [0.5, 0.6) is 0 Å². The molecule has 7 aromatic rings. The molecule has 3 aliphatic rings. The van der Waals surface area contributed by atoms with Gasteiger partial charge in [-0.05, 0) is 125 Å². The van der Waals surface area contributed by atoms with Crippen LogP contribution in [0.3, 0.4) is 0 Å². The summed E-state index contributed by atoms with van der Waals surface area (Å²) >= 11 is 0. The van der Waals surface area contributed by atoms with Gasteiger partial charge in [0.2, 0.25) is 0 Å². The average molecular weight is 611 g/mol. The van der Waals surface area contributed by atoms with E-state index in [1.165, 1.54) is 94.0 Å². The van der Waals surface area contributed by atoms with E-state index < -0.39 is 0 Å². The third kappa shape index (κ3) is 4.30. The van der Waals surface area contributed by atoms with Crippen molar-refractivity contribution in [3.05, 3.63) is 187 Å². The summed E-state index contributed by atoms with van der Waals surface area (Å²) in [6, 6.07) is 47.4. The molecule has 0 saturated carbocycles. The molecule has 0 amide bonds. The van der Waals surface area contributed by atoms with Gasteiger partial charge in [-0.1, -0.05) is 152 Å². The van der Waals surface area contributed by atoms with Crippen molar-refractivity contribution in [2.75, 3.05) is 0 Å². The summed E-state index contributed by atoms with van der Waals surface area (Å²) < 4.78 is 0. The molecule has 0 heterocycles. The van der Waals surface area contributed by atoms with Gasteiger partial charge in [0.15, 0.2) is 0 Å². The van der Waals surface area contributed by atoms with Crippen molar-refractivity contribution < 1.29 is 0 Å². The van der Waals surface area contributed by atoms with E-state index in [1.807, 2.05) is 0 Å². The summed E-state index contributed by atoms with van der Waals surface area (Å²) in [7, 11) is 0. The van der Waals surface area contributed by atoms with Gasteiger partial charge in [-0.25, -0.2) is 0 Å². The zero-order chi connectivity index (χ0) is 31.6. The molecule has 0 bridgehead atoms. The van der Waals surface area contributed by atoms with E-state index in [9.17, 15) is 0 Å². The molecule has 0 aromatic heterocycles. The number of benzene rings is 7. The van der Waals surface area contributed by atoms with Gasteiger partial charge < -0.3 is 0 Å². The fourth-order valence-electron chi connectivity index (χ4n) is 8.65. The monoisotopic (exact) mass is 610 g/mol. The molecule has 0 saturated heterocycles. The smallest absolute Gasteiger partial charge is 0.00961 e. The fraction of sp³-hybridized carbons (Fsp3) is 0.0833. The molecule has 0 N–H and O–H groups in total. The Bertz CT molecular complexity index is 2560. The van der Waals surface area contributed by atoms with Crippen molar-refractivity contribution >= 4 is 48.7 Å². The second-order valence-corrected chi connectivity index (χ2v) is 13.5. The maximum Gasteiger partial charge on any atom is 0.00961 e. The summed E-state index contributed by atoms with van der Waals surface area (Å²) in [6.07, 6.45) is 18.9. The fourth-order valence-corrected chi connectivity index (χ4v) is 8.65. The normalized spacial score (nSPS) is 18.5. The van der Waals surface area contributed by atoms with Crippen molar-refractivity contribution in [3.63, 3.8) is 0 Å². The predicted molar refractivity (Wildman–Crippen MR) is 206 cm³/mol. The Hall–Kier alpha value is -5.72. The molecule has 0 fully saturated rings. The standard InChI is InChI=1S/C48H34/c1-2-12-32-27-33(22-21-31(32)11-1)34-23-24-36-29-38(26-25-35(36)28-34)47-42-17-7-9-19-44(42)48(45-20-10-8-18-43(45)47)46-30-37-13-3-4-14-39(37)40-15-5-6-16-41(40)46/h1-3,5-13,15-30,39-40H,4,14H2. The van der Waals surface area contributed by atoms with Crippen LogP contribution in [0.15, 0.2) is 181 Å². The van der Waals surface area contributed by atoms with Crippen LogP contribution in [0, 0.1) is 11.8 Å². The molecule has 226 valence electrons. The zero-order valence-electron chi connectivity index (χ0n) is 26.7. The van der Waals surface area contributed by atoms with Gasteiger partial charge in [-0.2, -0.15) is 0 Å². The van der Waals surface area contributed by atoms with Crippen LogP contribution < -0.4 is 0 Å². The average Bonchev–Trinajstić information content (AvgIpc) is 3.16. The molecule has 2 atom stereocenters. The Balaban J connectivity index is 1.17. The number of fused-ring (bicyclic) bond motifs is 7. The summed E-state index contributed by atoms with van der Waals surface area (Å²) in [5.41, 5.74) is 10.7. The van der Waals surface area contributed by atoms with Crippen LogP contribution in [0.2, 0.25) is 0 Å². The van der Waals surface area contributed by atoms with Gasteiger partial charge in [0, 0.05) is 5.92 Å². The Kier molecular flexibility index (Phi) is 6.24. The summed E-state index contributed by atoms with van der Waals surface area (Å²) in [5.74, 6) is 0.984. The van der Waals surface area contributed by atoms with Gasteiger partial charge in [-0.3, -0.25) is 0 Å². The second kappa shape index (κ2) is 10.9. The number of hydrogen-bond acceptors (Lipinski definition) is 0. The molecule has 3 aliphatic carbocycles. The maximum absolute atomic E-state index is 2.51. The van der Waals surface area contributed by atoms with E-state index in [4.69, 9.17) is 0 Å². The Morgan fingerprint density at radius 1 is 0.479 bits per heavy atom. The first-order valence-electron chi connectivity index (χ1n) is 17.2. The summed E-state index contributed by atoms with van der Waals surface area (Å²) in [4.78, 5) is 0. The highest BCUT2D eigenvalue weighted by molar-refractivity contribution is 6.20. The summed E-state index contributed by atoms with van der Waals surface area (Å²) in [5, 5.41) is 10.3. The highest BCUT2D eigenvalue weighted by Gasteiger charge is 2.33. The molecule has 2 unspecified atom stereocenters. The number of allylic oxidation sites excluding steroid dienone is 10. The lowest BCUT2D eigenvalue weighted by atomic mass is 9.68. The molecular weight excluding hydrogens is 577 g/mol. The Morgan fingerprint density at radius 2 is 1.04 bits per heavy atom. The lowest BCUT2D eigenvalue weighted by Crippen LogP contribution is -2.23. The van der Waals surface area contributed by atoms with Gasteiger partial charge in [0.1, 0.15) is 0 Å². The van der Waals surface area contributed by atoms with E-state index in [0.717, 1.165) is 6.42 Å². The summed E-state index contributed by atoms with van der Waals surface area (Å²) in [6.45, 7) is 0. The largest absolute Gasteiger partial charge is 0.0842 e. The van der Waals surface area contributed by atoms with E-state index in [-0.39, 0.29) is 0 Å². The molecule has 0 nitrogen and oxygen atoms in total. The van der Waals surface area contributed by atoms with E-state index in [2.05, 4.69) is 170 Å². The first-order chi connectivity index (χ1) is 23.8. The molecule has 10 rings (SSSR count). The molecule has 0 heteroatoms. The highest BCUT2D eigenvalue weighted by atomic mass is 14.4. The third-order valence-corrected chi connectivity index (χ3v) is 10.9. The topological polar surface area (TPSA) is 0 Å². The SMILES string of the molecule is C1=CC2=C(c3c4ccccc4c(-c4ccc5cc(-c6ccc7ccccc7c6)ccc5c4)c4ccccc34)C=C3C=CCCC3C2C=C1. The molecule has 0 spiro atoms. The van der Waals surface area contributed by atoms with E-state index >= 15 is 0 Å². The third-order valence-electron chi connectivity index (χ3n) is 10.9. The Labute approximate surface area is 281 Å². The lowest BCUT2D eigenvalue weighted by Gasteiger charge is -2.36. The van der Waals surface area contributed by atoms with Crippen molar-refractivity contribution in [2.24, 2.45) is 11.8 Å². The minimum Gasteiger partial charge on any atom is -0.0842 e. The Morgan fingerprint density at radius 3 is 1.75 bits per heavy atom. The van der Waals surface area contributed by atoms with Gasteiger partial charge >= 0.3 is 0 Å². The van der Waals surface area contributed by atoms with Crippen molar-refractivity contribution in [1.29, 1.82) is 0 Å². The van der Waals surface area contributed by atoms with E-state index in [0.29, 0.717) is 11.8 Å². The maximum atomic E-state index is 2.51. The molecule has 7 aromatic carbocycles. The zero-order valence-corrected chi connectivity index (χ0v) is 26.7. The predicted octanol–water partition coefficient (Wildman–Crippen LogP) is 13.0. The van der Waals surface area contributed by atoms with Crippen LogP contribution in [0.25, 0.3) is 70.9 Å². The minimum atomic E-state index is 0.423. The van der Waals surface area contributed by atoms with Crippen molar-refractivity contribution in [1.82, 2.24) is 0 Å². The lowest BCUT2D eigenvalue weighted by molar-refractivity contribution is 0.472. The number of hydrogen-bond donors (Lipinski definition) is 0. The highest BCUT2D eigenvalue weighted by Crippen LogP contribution is 2.50. The van der Waals surface area contributed by atoms with Crippen LogP contribution in [-0.2, 0) is 0 Å². The first kappa shape index (κ1) is 27.4. The van der Waals surface area contributed by atoms with Crippen LogP contribution in [-0.4, -0.2) is 0 Å². The van der Waals surface area contributed by atoms with Crippen LogP contribution >= 0.6 is 0 Å². The van der Waals surface area contributed by atoms with Crippen molar-refractivity contribution in [2.45, 2.75) is 12.8 Å². The number of rotatable bonds is 3. The van der Waals surface area contributed by atoms with Gasteiger partial charge in [0.05, 0.1) is 0 Å². The van der Waals surface area contributed by atoms with Crippen LogP contribution in [0.4, 0.5) is 0 Å². The quantitative estimate of drug-likeness (QED) is 0.175. The second-order valence-electron chi connectivity index (χ2n) is 13.5. The molecule has 48 heavy (non-hydrogen) atoms. The molecule has 0 aliphatic heterocycles.